The van der Waals surface area contributed by atoms with Gasteiger partial charge in [-0.2, -0.15) is 0 Å². The summed E-state index contributed by atoms with van der Waals surface area (Å²) in [5, 5.41) is 15.2. The van der Waals surface area contributed by atoms with Crippen molar-refractivity contribution in [3.63, 3.8) is 0 Å². The average molecular weight is 1910 g/mol. The molecule has 30 aromatic rings. The first-order valence-electron chi connectivity index (χ1n) is 51.6. The number of hydrogen-bond donors (Lipinski definition) is 0. The molecule has 0 aliphatic carbocycles. The van der Waals surface area contributed by atoms with Gasteiger partial charge in [-0.1, -0.05) is 419 Å². The second kappa shape index (κ2) is 37.4. The van der Waals surface area contributed by atoms with Crippen LogP contribution in [0.25, 0.3) is 265 Å². The fraction of sp³-hybridized carbons (Fsp3) is 0. The van der Waals surface area contributed by atoms with Crippen LogP contribution in [-0.2, 0) is 0 Å². The topological polar surface area (TPSA) is 29.6 Å². The number of nitrogens with zero attached hydrogens (tertiary/aromatic N) is 6. The molecule has 30 rings (SSSR count). The Morgan fingerprint density at radius 3 is 0.393 bits per heavy atom. The van der Waals surface area contributed by atoms with Gasteiger partial charge in [0.25, 0.3) is 0 Å². The van der Waals surface area contributed by atoms with E-state index in [1.165, 1.54) is 248 Å². The zero-order chi connectivity index (χ0) is 99.1. The van der Waals surface area contributed by atoms with E-state index in [0.717, 1.165) is 17.1 Å². The minimum Gasteiger partial charge on any atom is -0.309 e. The highest BCUT2D eigenvalue weighted by molar-refractivity contribution is 6.17. The van der Waals surface area contributed by atoms with Crippen LogP contribution in [0.3, 0.4) is 0 Å². The van der Waals surface area contributed by atoms with Crippen molar-refractivity contribution >= 4 is 131 Å². The molecule has 0 aliphatic rings. The van der Waals surface area contributed by atoms with Gasteiger partial charge in [-0.15, -0.1) is 0 Å². The smallest absolute Gasteiger partial charge is 0.0541 e. The molecule has 6 heterocycles. The molecule has 6 nitrogen and oxygen atoms in total. The SMILES string of the molecule is c1ccc(-c2ccccc2-c2ccc(-n3c4ccccc4c4ccccc43)cc2)c(-c2ccc(-n3c4ccccc4c4ccccc43)cc2)c1.c1ccc(-n2c3ccccc3c3cc(-c4ccccc4-c4ccccc4-c4ccc(-n5c6ccccc6c6ccccc65)cc4)ccc32)cc1.c1ccc(-n2c3ccccc3c3cc(-c4ccccc4-c4ccccc4-c4ccc5c(c4)c4ccccc4n5-c4ccccc4)ccc32)cc1. The first kappa shape index (κ1) is 87.8. The molecule has 24 aromatic carbocycles. The van der Waals surface area contributed by atoms with Gasteiger partial charge in [0.2, 0.25) is 0 Å². The number of hydrogen-bond acceptors (Lipinski definition) is 0. The summed E-state index contributed by atoms with van der Waals surface area (Å²) in [5.41, 5.74) is 43.5. The predicted octanol–water partition coefficient (Wildman–Crippen LogP) is 38.6. The van der Waals surface area contributed by atoms with Gasteiger partial charge in [-0.3, -0.25) is 0 Å². The molecule has 0 N–H and O–H groups in total. The van der Waals surface area contributed by atoms with Crippen LogP contribution in [0.15, 0.2) is 582 Å². The maximum Gasteiger partial charge on any atom is 0.0541 e. The van der Waals surface area contributed by atoms with Crippen molar-refractivity contribution in [2.75, 3.05) is 0 Å². The van der Waals surface area contributed by atoms with Crippen molar-refractivity contribution in [2.24, 2.45) is 0 Å². The quantitative estimate of drug-likeness (QED) is 0.0979. The van der Waals surface area contributed by atoms with Crippen LogP contribution < -0.4 is 0 Å². The minimum atomic E-state index is 1.16. The van der Waals surface area contributed by atoms with Gasteiger partial charge in [-0.05, 0) is 264 Å². The molecule has 150 heavy (non-hydrogen) atoms. The standard InChI is InChI=1S/3C48H32N2/c1-3-15-39(37(13-1)33-25-29-35(30-26-33)49-45-21-9-5-17-41(45)42-18-6-10-22-46(42)49)40-16-4-2-14-38(40)34-27-31-36(32-28-34)50-47-23-11-7-19-43(47)44-20-8-12-24-48(44)50;1-3-15-35(16-4-1)49-45-25-13-11-23-41(45)43-31-33(27-29-47(43)49)37-19-7-9-21-39(37)40-22-10-8-20-38(40)34-28-30-48-44(32-34)42-24-12-14-26-46(42)50(48)36-17-5-2-6-18-36;1-2-14-35(15-3-1)49-47-25-13-10-22-43(47)44-32-34(28-31-48(44)49)38-17-5-7-19-40(38)39-18-6-4-16-37(39)33-26-29-36(30-27-33)50-45-23-11-8-20-41(45)42-21-9-12-24-46(42)50/h3*1-32H. The molecule has 0 atom stereocenters. The summed E-state index contributed by atoms with van der Waals surface area (Å²) in [7, 11) is 0. The molecule has 6 heteroatoms. The Balaban J connectivity index is 0.000000108. The van der Waals surface area contributed by atoms with Gasteiger partial charge in [0.05, 0.1) is 66.2 Å². The highest BCUT2D eigenvalue weighted by Crippen LogP contribution is 2.49. The average Bonchev–Trinajstić information content (AvgIpc) is 1.59. The van der Waals surface area contributed by atoms with Gasteiger partial charge in [0.15, 0.2) is 0 Å². The Hall–Kier alpha value is -19.9. The third-order valence-corrected chi connectivity index (χ3v) is 30.5. The summed E-state index contributed by atoms with van der Waals surface area (Å²) in [5.74, 6) is 0. The summed E-state index contributed by atoms with van der Waals surface area (Å²) in [4.78, 5) is 0. The summed E-state index contributed by atoms with van der Waals surface area (Å²) < 4.78 is 14.2. The number of aromatic nitrogens is 6. The van der Waals surface area contributed by atoms with E-state index in [9.17, 15) is 0 Å². The maximum absolute atomic E-state index is 2.38. The fourth-order valence-electron chi connectivity index (χ4n) is 23.8. The number of para-hydroxylation sites is 12. The molecule has 0 amide bonds. The monoisotopic (exact) mass is 1910 g/mol. The molecular weight excluding hydrogens is 1810 g/mol. The Morgan fingerprint density at radius 2 is 0.207 bits per heavy atom. The molecule has 0 bridgehead atoms. The zero-order valence-electron chi connectivity index (χ0n) is 82.1. The second-order valence-corrected chi connectivity index (χ2v) is 38.8. The second-order valence-electron chi connectivity index (χ2n) is 38.8. The third kappa shape index (κ3) is 15.1. The Labute approximate surface area is 868 Å². The lowest BCUT2D eigenvalue weighted by molar-refractivity contribution is 1.18. The fourth-order valence-corrected chi connectivity index (χ4v) is 23.8. The Morgan fingerprint density at radius 1 is 0.0800 bits per heavy atom. The Bertz CT molecular complexity index is 9890. The number of rotatable bonds is 15. The van der Waals surface area contributed by atoms with Gasteiger partial charge < -0.3 is 27.4 Å². The van der Waals surface area contributed by atoms with Crippen molar-refractivity contribution in [3.8, 4) is 134 Å². The first-order chi connectivity index (χ1) is 74.5. The molecular formula is C144H96N6. The van der Waals surface area contributed by atoms with E-state index in [4.69, 9.17) is 0 Å². The van der Waals surface area contributed by atoms with Crippen LogP contribution in [0, 0.1) is 0 Å². The molecule has 702 valence electrons. The van der Waals surface area contributed by atoms with E-state index >= 15 is 0 Å². The minimum absolute atomic E-state index is 1.16. The van der Waals surface area contributed by atoms with Crippen molar-refractivity contribution < 1.29 is 0 Å². The van der Waals surface area contributed by atoms with E-state index in [1.807, 2.05) is 0 Å². The van der Waals surface area contributed by atoms with Crippen LogP contribution >= 0.6 is 0 Å². The van der Waals surface area contributed by atoms with Crippen LogP contribution in [0.5, 0.6) is 0 Å². The van der Waals surface area contributed by atoms with Crippen LogP contribution in [-0.4, -0.2) is 27.4 Å². The number of fused-ring (bicyclic) bond motifs is 18. The largest absolute Gasteiger partial charge is 0.309 e. The number of benzene rings is 24. The van der Waals surface area contributed by atoms with E-state index in [1.54, 1.807) is 0 Å². The van der Waals surface area contributed by atoms with Crippen molar-refractivity contribution in [1.29, 1.82) is 0 Å². The maximum atomic E-state index is 2.38. The summed E-state index contributed by atoms with van der Waals surface area (Å²) in [6.07, 6.45) is 0. The lowest BCUT2D eigenvalue weighted by Crippen LogP contribution is -1.95. The summed E-state index contributed by atoms with van der Waals surface area (Å²) >= 11 is 0. The molecule has 0 fully saturated rings. The van der Waals surface area contributed by atoms with Crippen molar-refractivity contribution in [3.05, 3.63) is 582 Å². The highest BCUT2D eigenvalue weighted by atomic mass is 15.0. The van der Waals surface area contributed by atoms with E-state index in [-0.39, 0.29) is 0 Å². The lowest BCUT2D eigenvalue weighted by atomic mass is 9.89. The van der Waals surface area contributed by atoms with Crippen LogP contribution in [0.4, 0.5) is 0 Å². The van der Waals surface area contributed by atoms with Crippen molar-refractivity contribution in [1.82, 2.24) is 27.4 Å². The van der Waals surface area contributed by atoms with Gasteiger partial charge in [0, 0.05) is 98.8 Å². The van der Waals surface area contributed by atoms with E-state index in [0.29, 0.717) is 0 Å². The molecule has 0 saturated heterocycles. The predicted molar refractivity (Wildman–Crippen MR) is 634 cm³/mol. The lowest BCUT2D eigenvalue weighted by Gasteiger charge is -2.16. The first-order valence-corrected chi connectivity index (χ1v) is 51.6. The van der Waals surface area contributed by atoms with E-state index < -0.39 is 0 Å². The normalized spacial score (nSPS) is 11.6. The van der Waals surface area contributed by atoms with E-state index in [2.05, 4.69) is 610 Å². The summed E-state index contributed by atoms with van der Waals surface area (Å²) in [6.45, 7) is 0. The Kier molecular flexibility index (Phi) is 21.9. The molecule has 0 unspecified atom stereocenters. The molecule has 6 aromatic heterocycles. The van der Waals surface area contributed by atoms with Crippen molar-refractivity contribution in [2.45, 2.75) is 0 Å². The zero-order valence-corrected chi connectivity index (χ0v) is 82.1. The van der Waals surface area contributed by atoms with Crippen LogP contribution in [0.1, 0.15) is 0 Å². The molecule has 0 saturated carbocycles. The van der Waals surface area contributed by atoms with Crippen LogP contribution in [0.2, 0.25) is 0 Å². The molecule has 0 aliphatic heterocycles. The van der Waals surface area contributed by atoms with Gasteiger partial charge in [-0.25, -0.2) is 0 Å². The summed E-state index contributed by atoms with van der Waals surface area (Å²) in [6, 6.07) is 211. The molecule has 0 radical (unpaired) electrons. The van der Waals surface area contributed by atoms with Gasteiger partial charge >= 0.3 is 0 Å². The highest BCUT2D eigenvalue weighted by Gasteiger charge is 2.25. The third-order valence-electron chi connectivity index (χ3n) is 30.5. The van der Waals surface area contributed by atoms with Gasteiger partial charge in [0.1, 0.15) is 0 Å². The molecule has 0 spiro atoms.